The molecule has 0 bridgehead atoms. The van der Waals surface area contributed by atoms with Gasteiger partial charge in [0, 0.05) is 6.54 Å². The summed E-state index contributed by atoms with van der Waals surface area (Å²) in [6.07, 6.45) is 1.10. The van der Waals surface area contributed by atoms with Crippen molar-refractivity contribution in [3.8, 4) is 0 Å². The number of hydrogen-bond donors (Lipinski definition) is 2. The summed E-state index contributed by atoms with van der Waals surface area (Å²) in [6.45, 7) is 3.11. The van der Waals surface area contributed by atoms with Crippen LogP contribution < -0.4 is 10.6 Å². The Balaban J connectivity index is 1.88. The second kappa shape index (κ2) is 3.96. The van der Waals surface area contributed by atoms with Crippen LogP contribution in [0.1, 0.15) is 6.42 Å². The summed E-state index contributed by atoms with van der Waals surface area (Å²) in [5, 5.41) is 5.79. The SMILES string of the molecule is O=C1CN(CC2CCNC2)C(=O)CN1. The van der Waals surface area contributed by atoms with Crippen LogP contribution in [0, 0.1) is 5.92 Å². The molecule has 0 radical (unpaired) electrons. The highest BCUT2D eigenvalue weighted by atomic mass is 16.2. The maximum atomic E-state index is 11.4. The van der Waals surface area contributed by atoms with Gasteiger partial charge >= 0.3 is 0 Å². The van der Waals surface area contributed by atoms with E-state index in [0.29, 0.717) is 5.92 Å². The summed E-state index contributed by atoms with van der Waals surface area (Å²) in [4.78, 5) is 24.2. The van der Waals surface area contributed by atoms with Crippen LogP contribution in [0.15, 0.2) is 0 Å². The Hall–Kier alpha value is -1.10. The van der Waals surface area contributed by atoms with Gasteiger partial charge in [-0.15, -0.1) is 0 Å². The molecular formula is C9H15N3O2. The van der Waals surface area contributed by atoms with Gasteiger partial charge in [-0.2, -0.15) is 0 Å². The summed E-state index contributed by atoms with van der Waals surface area (Å²) in [5.74, 6) is 0.511. The van der Waals surface area contributed by atoms with Crippen molar-refractivity contribution in [3.05, 3.63) is 0 Å². The molecule has 2 fully saturated rings. The Morgan fingerprint density at radius 2 is 2.29 bits per heavy atom. The highest BCUT2D eigenvalue weighted by molar-refractivity contribution is 5.92. The molecule has 2 aliphatic heterocycles. The minimum absolute atomic E-state index is 0.0384. The summed E-state index contributed by atoms with van der Waals surface area (Å²) < 4.78 is 0. The third-order valence-corrected chi connectivity index (χ3v) is 2.76. The molecule has 0 aromatic rings. The van der Waals surface area contributed by atoms with Crippen LogP contribution in [0.25, 0.3) is 0 Å². The lowest BCUT2D eigenvalue weighted by Gasteiger charge is -2.28. The van der Waals surface area contributed by atoms with Gasteiger partial charge in [-0.3, -0.25) is 9.59 Å². The fraction of sp³-hybridized carbons (Fsp3) is 0.778. The van der Waals surface area contributed by atoms with Crippen LogP contribution in [0.2, 0.25) is 0 Å². The molecule has 0 aromatic carbocycles. The Morgan fingerprint density at radius 3 is 3.00 bits per heavy atom. The van der Waals surface area contributed by atoms with Crippen molar-refractivity contribution in [1.82, 2.24) is 15.5 Å². The molecule has 2 saturated heterocycles. The van der Waals surface area contributed by atoms with Gasteiger partial charge in [-0.25, -0.2) is 0 Å². The van der Waals surface area contributed by atoms with Crippen molar-refractivity contribution in [1.29, 1.82) is 0 Å². The van der Waals surface area contributed by atoms with Crippen LogP contribution in [0.5, 0.6) is 0 Å². The molecule has 1 unspecified atom stereocenters. The molecule has 0 aromatic heterocycles. The van der Waals surface area contributed by atoms with Crippen molar-refractivity contribution in [2.45, 2.75) is 6.42 Å². The Morgan fingerprint density at radius 1 is 1.43 bits per heavy atom. The number of nitrogens with zero attached hydrogens (tertiary/aromatic N) is 1. The molecule has 0 spiro atoms. The van der Waals surface area contributed by atoms with Crippen molar-refractivity contribution >= 4 is 11.8 Å². The average Bonchev–Trinajstić information content (AvgIpc) is 2.64. The van der Waals surface area contributed by atoms with Crippen molar-refractivity contribution in [3.63, 3.8) is 0 Å². The van der Waals surface area contributed by atoms with Crippen LogP contribution in [0.3, 0.4) is 0 Å². The van der Waals surface area contributed by atoms with E-state index in [4.69, 9.17) is 0 Å². The number of nitrogens with one attached hydrogen (secondary N) is 2. The van der Waals surface area contributed by atoms with E-state index in [1.807, 2.05) is 0 Å². The molecule has 1 atom stereocenters. The van der Waals surface area contributed by atoms with Crippen LogP contribution in [-0.4, -0.2) is 49.4 Å². The normalized spacial score (nSPS) is 28.0. The lowest BCUT2D eigenvalue weighted by molar-refractivity contribution is -0.141. The molecule has 78 valence electrons. The molecule has 0 aliphatic carbocycles. The quantitative estimate of drug-likeness (QED) is 0.569. The first kappa shape index (κ1) is 9.45. The maximum Gasteiger partial charge on any atom is 0.242 e. The number of piperazine rings is 1. The average molecular weight is 197 g/mol. The topological polar surface area (TPSA) is 61.4 Å². The zero-order valence-electron chi connectivity index (χ0n) is 8.08. The predicted octanol–water partition coefficient (Wildman–Crippen LogP) is -1.45. The van der Waals surface area contributed by atoms with Gasteiger partial charge in [0.05, 0.1) is 13.1 Å². The molecule has 2 N–H and O–H groups in total. The summed E-state index contributed by atoms with van der Waals surface area (Å²) in [6, 6.07) is 0. The fourth-order valence-corrected chi connectivity index (χ4v) is 1.95. The van der Waals surface area contributed by atoms with E-state index in [-0.39, 0.29) is 24.9 Å². The highest BCUT2D eigenvalue weighted by Gasteiger charge is 2.26. The number of amides is 2. The molecular weight excluding hydrogens is 182 g/mol. The first-order valence-corrected chi connectivity index (χ1v) is 5.01. The van der Waals surface area contributed by atoms with Gasteiger partial charge in [0.15, 0.2) is 0 Å². The smallest absolute Gasteiger partial charge is 0.242 e. The Bertz CT molecular complexity index is 248. The van der Waals surface area contributed by atoms with Crippen molar-refractivity contribution < 1.29 is 9.59 Å². The second-order valence-corrected chi connectivity index (χ2v) is 3.91. The third kappa shape index (κ3) is 2.04. The fourth-order valence-electron chi connectivity index (χ4n) is 1.95. The number of carbonyl (C=O) groups is 2. The molecule has 5 heteroatoms. The number of carbonyl (C=O) groups excluding carboxylic acids is 2. The molecule has 2 aliphatic rings. The monoisotopic (exact) mass is 197 g/mol. The Labute approximate surface area is 82.8 Å². The van der Waals surface area contributed by atoms with Gasteiger partial charge in [-0.05, 0) is 25.4 Å². The van der Waals surface area contributed by atoms with E-state index in [9.17, 15) is 9.59 Å². The molecule has 2 rings (SSSR count). The van der Waals surface area contributed by atoms with E-state index in [0.717, 1.165) is 26.1 Å². The Kier molecular flexibility index (Phi) is 2.67. The van der Waals surface area contributed by atoms with Gasteiger partial charge in [0.2, 0.25) is 11.8 Å². The minimum Gasteiger partial charge on any atom is -0.345 e. The first-order chi connectivity index (χ1) is 6.75. The zero-order valence-corrected chi connectivity index (χ0v) is 8.08. The first-order valence-electron chi connectivity index (χ1n) is 5.01. The predicted molar refractivity (Wildman–Crippen MR) is 50.6 cm³/mol. The van der Waals surface area contributed by atoms with Crippen LogP contribution >= 0.6 is 0 Å². The summed E-state index contributed by atoms with van der Waals surface area (Å²) in [7, 11) is 0. The van der Waals surface area contributed by atoms with Crippen molar-refractivity contribution in [2.24, 2.45) is 5.92 Å². The van der Waals surface area contributed by atoms with Crippen LogP contribution in [0.4, 0.5) is 0 Å². The zero-order chi connectivity index (χ0) is 9.97. The number of rotatable bonds is 2. The summed E-state index contributed by atoms with van der Waals surface area (Å²) in [5.41, 5.74) is 0. The highest BCUT2D eigenvalue weighted by Crippen LogP contribution is 2.10. The lowest BCUT2D eigenvalue weighted by Crippen LogP contribution is -2.52. The summed E-state index contributed by atoms with van der Waals surface area (Å²) >= 11 is 0. The van der Waals surface area contributed by atoms with Gasteiger partial charge in [0.1, 0.15) is 0 Å². The van der Waals surface area contributed by atoms with E-state index in [1.54, 1.807) is 4.90 Å². The molecule has 0 saturated carbocycles. The molecule has 14 heavy (non-hydrogen) atoms. The minimum atomic E-state index is -0.0458. The van der Waals surface area contributed by atoms with E-state index >= 15 is 0 Å². The molecule has 5 nitrogen and oxygen atoms in total. The van der Waals surface area contributed by atoms with E-state index in [2.05, 4.69) is 10.6 Å². The second-order valence-electron chi connectivity index (χ2n) is 3.91. The van der Waals surface area contributed by atoms with Crippen molar-refractivity contribution in [2.75, 3.05) is 32.7 Å². The third-order valence-electron chi connectivity index (χ3n) is 2.76. The number of hydrogen-bond acceptors (Lipinski definition) is 3. The molecule has 2 amide bonds. The van der Waals surface area contributed by atoms with Crippen LogP contribution in [-0.2, 0) is 9.59 Å². The van der Waals surface area contributed by atoms with Gasteiger partial charge in [0.25, 0.3) is 0 Å². The van der Waals surface area contributed by atoms with E-state index < -0.39 is 0 Å². The lowest BCUT2D eigenvalue weighted by atomic mass is 10.1. The molecule has 2 heterocycles. The van der Waals surface area contributed by atoms with Gasteiger partial charge in [-0.1, -0.05) is 0 Å². The largest absolute Gasteiger partial charge is 0.345 e. The van der Waals surface area contributed by atoms with E-state index in [1.165, 1.54) is 0 Å². The standard InChI is InChI=1S/C9H15N3O2/c13-8-6-12(9(14)4-11-8)5-7-1-2-10-3-7/h7,10H,1-6H2,(H,11,13). The maximum absolute atomic E-state index is 11.4. The van der Waals surface area contributed by atoms with Gasteiger partial charge < -0.3 is 15.5 Å².